The van der Waals surface area contributed by atoms with E-state index in [4.69, 9.17) is 16.3 Å². The third-order valence-electron chi connectivity index (χ3n) is 3.60. The lowest BCUT2D eigenvalue weighted by molar-refractivity contribution is -0.143. The van der Waals surface area contributed by atoms with Gasteiger partial charge in [0.1, 0.15) is 16.0 Å². The summed E-state index contributed by atoms with van der Waals surface area (Å²) in [6.45, 7) is 0.0911. The fourth-order valence-electron chi connectivity index (χ4n) is 2.35. The summed E-state index contributed by atoms with van der Waals surface area (Å²) in [7, 11) is 0. The van der Waals surface area contributed by atoms with Crippen molar-refractivity contribution in [1.29, 1.82) is 0 Å². The zero-order valence-corrected chi connectivity index (χ0v) is 14.2. The lowest BCUT2D eigenvalue weighted by Crippen LogP contribution is -2.40. The van der Waals surface area contributed by atoms with E-state index in [1.807, 2.05) is 30.3 Å². The first-order valence-electron chi connectivity index (χ1n) is 7.39. The molecule has 6 nitrogen and oxygen atoms in total. The Morgan fingerprint density at radius 1 is 1.38 bits per heavy atom. The van der Waals surface area contributed by atoms with Gasteiger partial charge in [0.2, 0.25) is 0 Å². The maximum Gasteiger partial charge on any atom is 0.411 e. The van der Waals surface area contributed by atoms with Crippen molar-refractivity contribution in [2.45, 2.75) is 31.5 Å². The van der Waals surface area contributed by atoms with Crippen molar-refractivity contribution in [3.63, 3.8) is 0 Å². The number of thiazole rings is 1. The zero-order valence-electron chi connectivity index (χ0n) is 12.6. The molecule has 1 aromatic heterocycles. The molecule has 126 valence electrons. The van der Waals surface area contributed by atoms with Crippen LogP contribution in [-0.4, -0.2) is 33.1 Å². The monoisotopic (exact) mass is 366 g/mol. The van der Waals surface area contributed by atoms with E-state index in [-0.39, 0.29) is 17.7 Å². The van der Waals surface area contributed by atoms with Crippen molar-refractivity contribution in [3.8, 4) is 0 Å². The Balaban J connectivity index is 1.77. The molecule has 0 spiro atoms. The quantitative estimate of drug-likeness (QED) is 0.842. The molecule has 1 N–H and O–H groups in total. The molecule has 0 bridgehead atoms. The molecule has 1 unspecified atom stereocenters. The number of rotatable bonds is 6. The first-order chi connectivity index (χ1) is 11.6. The predicted octanol–water partition coefficient (Wildman–Crippen LogP) is 3.72. The summed E-state index contributed by atoms with van der Waals surface area (Å²) in [5.41, 5.74) is 0.839. The fourth-order valence-corrected chi connectivity index (χ4v) is 3.37. The van der Waals surface area contributed by atoms with Crippen LogP contribution in [0.3, 0.4) is 0 Å². The highest BCUT2D eigenvalue weighted by Crippen LogP contribution is 2.37. The molecule has 1 aliphatic carbocycles. The van der Waals surface area contributed by atoms with E-state index in [2.05, 4.69) is 4.98 Å². The van der Waals surface area contributed by atoms with E-state index >= 15 is 0 Å². The van der Waals surface area contributed by atoms with Gasteiger partial charge in [-0.3, -0.25) is 4.90 Å². The number of aliphatic carboxylic acids is 1. The normalized spacial score (nSPS) is 14.9. The van der Waals surface area contributed by atoms with Gasteiger partial charge in [-0.05, 0) is 18.4 Å². The van der Waals surface area contributed by atoms with Gasteiger partial charge in [-0.2, -0.15) is 0 Å². The SMILES string of the molecule is O=C(O)C(c1ncc(Cl)s1)N(C(=O)OCc1ccccc1)C1CC1. The number of carboxylic acid groups (broad SMARTS) is 1. The van der Waals surface area contributed by atoms with Gasteiger partial charge in [0.15, 0.2) is 6.04 Å². The lowest BCUT2D eigenvalue weighted by Gasteiger charge is -2.26. The van der Waals surface area contributed by atoms with Gasteiger partial charge in [-0.1, -0.05) is 41.9 Å². The van der Waals surface area contributed by atoms with Crippen molar-refractivity contribution in [3.05, 3.63) is 51.4 Å². The van der Waals surface area contributed by atoms with Gasteiger partial charge in [-0.15, -0.1) is 11.3 Å². The maximum absolute atomic E-state index is 12.5. The first-order valence-corrected chi connectivity index (χ1v) is 8.58. The maximum atomic E-state index is 12.5. The molecule has 1 fully saturated rings. The smallest absolute Gasteiger partial charge is 0.411 e. The molecule has 2 aromatic rings. The Morgan fingerprint density at radius 3 is 2.62 bits per heavy atom. The first kappa shape index (κ1) is 16.7. The highest BCUT2D eigenvalue weighted by atomic mass is 35.5. The largest absolute Gasteiger partial charge is 0.479 e. The van der Waals surface area contributed by atoms with Crippen LogP contribution >= 0.6 is 22.9 Å². The molecule has 0 aliphatic heterocycles. The van der Waals surface area contributed by atoms with E-state index < -0.39 is 18.1 Å². The Labute approximate surface area is 147 Å². The van der Waals surface area contributed by atoms with Crippen LogP contribution < -0.4 is 0 Å². The van der Waals surface area contributed by atoms with Crippen LogP contribution in [0.5, 0.6) is 0 Å². The predicted molar refractivity (Wildman–Crippen MR) is 89.0 cm³/mol. The van der Waals surface area contributed by atoms with Crippen molar-refractivity contribution in [2.75, 3.05) is 0 Å². The van der Waals surface area contributed by atoms with E-state index in [1.54, 1.807) is 0 Å². The minimum absolute atomic E-state index is 0.0911. The van der Waals surface area contributed by atoms with E-state index in [0.717, 1.165) is 29.7 Å². The number of benzene rings is 1. The summed E-state index contributed by atoms with van der Waals surface area (Å²) >= 11 is 6.91. The van der Waals surface area contributed by atoms with Gasteiger partial charge in [0.05, 0.1) is 6.20 Å². The van der Waals surface area contributed by atoms with E-state index in [0.29, 0.717) is 4.34 Å². The summed E-state index contributed by atoms with van der Waals surface area (Å²) in [5, 5.41) is 9.87. The molecular formula is C16H15ClN2O4S. The molecule has 3 rings (SSSR count). The Bertz CT molecular complexity index is 733. The second kappa shape index (κ2) is 7.19. The molecule has 0 radical (unpaired) electrons. The molecule has 1 atom stereocenters. The second-order valence-corrected chi connectivity index (χ2v) is 7.12. The van der Waals surface area contributed by atoms with E-state index in [9.17, 15) is 14.7 Å². The summed E-state index contributed by atoms with van der Waals surface area (Å²) in [5.74, 6) is -1.15. The highest BCUT2D eigenvalue weighted by molar-refractivity contribution is 7.16. The van der Waals surface area contributed by atoms with Crippen molar-refractivity contribution in [1.82, 2.24) is 9.88 Å². The summed E-state index contributed by atoms with van der Waals surface area (Å²) in [6, 6.07) is 7.91. The number of nitrogens with zero attached hydrogens (tertiary/aromatic N) is 2. The third-order valence-corrected chi connectivity index (χ3v) is 4.76. The number of ether oxygens (including phenoxy) is 1. The number of amides is 1. The van der Waals surface area contributed by atoms with Gasteiger partial charge in [-0.25, -0.2) is 14.6 Å². The number of carbonyl (C=O) groups excluding carboxylic acids is 1. The van der Waals surface area contributed by atoms with Crippen molar-refractivity contribution >= 4 is 35.0 Å². The van der Waals surface area contributed by atoms with Gasteiger partial charge in [0.25, 0.3) is 0 Å². The topological polar surface area (TPSA) is 79.7 Å². The number of hydrogen-bond donors (Lipinski definition) is 1. The van der Waals surface area contributed by atoms with Crippen LogP contribution in [0.1, 0.15) is 29.5 Å². The van der Waals surface area contributed by atoms with Crippen LogP contribution in [-0.2, 0) is 16.1 Å². The van der Waals surface area contributed by atoms with Crippen LogP contribution in [0.15, 0.2) is 36.5 Å². The standard InChI is InChI=1S/C16H15ClN2O4S/c17-12-8-18-14(24-12)13(15(20)21)19(11-6-7-11)16(22)23-9-10-4-2-1-3-5-10/h1-5,8,11,13H,6-7,9H2,(H,20,21). The molecule has 1 aromatic carbocycles. The molecule has 0 saturated heterocycles. The molecule has 24 heavy (non-hydrogen) atoms. The van der Waals surface area contributed by atoms with Crippen molar-refractivity contribution in [2.24, 2.45) is 0 Å². The van der Waals surface area contributed by atoms with Gasteiger partial charge >= 0.3 is 12.1 Å². The molecule has 1 saturated carbocycles. The number of aromatic nitrogens is 1. The minimum Gasteiger partial charge on any atom is -0.479 e. The summed E-state index contributed by atoms with van der Waals surface area (Å²) < 4.78 is 5.70. The lowest BCUT2D eigenvalue weighted by atomic mass is 10.2. The number of hydrogen-bond acceptors (Lipinski definition) is 5. The Kier molecular flexibility index (Phi) is 5.01. The average Bonchev–Trinajstić information content (AvgIpc) is 3.32. The van der Waals surface area contributed by atoms with Gasteiger partial charge in [0, 0.05) is 6.04 Å². The van der Waals surface area contributed by atoms with Crippen LogP contribution in [0, 0.1) is 0 Å². The Morgan fingerprint density at radius 2 is 2.08 bits per heavy atom. The zero-order chi connectivity index (χ0) is 17.1. The third kappa shape index (κ3) is 3.85. The fraction of sp³-hybridized carbons (Fsp3) is 0.312. The van der Waals surface area contributed by atoms with Gasteiger partial charge < -0.3 is 9.84 Å². The molecule has 1 amide bonds. The molecule has 1 aliphatic rings. The second-order valence-electron chi connectivity index (χ2n) is 5.42. The summed E-state index contributed by atoms with van der Waals surface area (Å²) in [4.78, 5) is 29.5. The van der Waals surface area contributed by atoms with Crippen LogP contribution in [0.25, 0.3) is 0 Å². The number of halogens is 1. The highest BCUT2D eigenvalue weighted by Gasteiger charge is 2.43. The van der Waals surface area contributed by atoms with Crippen molar-refractivity contribution < 1.29 is 19.4 Å². The van der Waals surface area contributed by atoms with Crippen LogP contribution in [0.4, 0.5) is 4.79 Å². The molecular weight excluding hydrogens is 352 g/mol. The van der Waals surface area contributed by atoms with E-state index in [1.165, 1.54) is 11.1 Å². The molecule has 1 heterocycles. The minimum atomic E-state index is -1.18. The number of carboxylic acids is 1. The number of carbonyl (C=O) groups is 2. The molecule has 8 heteroatoms. The average molecular weight is 367 g/mol. The summed E-state index contributed by atoms with van der Waals surface area (Å²) in [6.07, 6.45) is 2.24. The Hall–Kier alpha value is -2.12. The van der Waals surface area contributed by atoms with Crippen LogP contribution in [0.2, 0.25) is 4.34 Å².